The van der Waals surface area contributed by atoms with E-state index in [1.165, 1.54) is 5.56 Å². The first kappa shape index (κ1) is 11.5. The molecular weight excluding hydrogens is 272 g/mol. The van der Waals surface area contributed by atoms with Gasteiger partial charge in [-0.25, -0.2) is 0 Å². The van der Waals surface area contributed by atoms with E-state index in [2.05, 4.69) is 28.9 Å². The zero-order valence-corrected chi connectivity index (χ0v) is 11.1. The Morgan fingerprint density at radius 2 is 2.27 bits per heavy atom. The highest BCUT2D eigenvalue weighted by Crippen LogP contribution is 2.37. The van der Waals surface area contributed by atoms with Gasteiger partial charge in [0.15, 0.2) is 0 Å². The van der Waals surface area contributed by atoms with Crippen LogP contribution in [0.15, 0.2) is 28.7 Å². The molecule has 1 nitrogen and oxygen atoms in total. The molecule has 0 saturated carbocycles. The van der Waals surface area contributed by atoms with Crippen LogP contribution >= 0.6 is 27.7 Å². The van der Waals surface area contributed by atoms with Crippen LogP contribution < -0.4 is 0 Å². The van der Waals surface area contributed by atoms with Crippen molar-refractivity contribution >= 4 is 27.7 Å². The summed E-state index contributed by atoms with van der Waals surface area (Å²) in [6.07, 6.45) is 1.66. The molecule has 2 rings (SSSR count). The van der Waals surface area contributed by atoms with Crippen LogP contribution in [0.2, 0.25) is 0 Å². The highest BCUT2D eigenvalue weighted by molar-refractivity contribution is 9.10. The van der Waals surface area contributed by atoms with E-state index >= 15 is 0 Å². The van der Waals surface area contributed by atoms with Crippen LogP contribution in [0.25, 0.3) is 0 Å². The van der Waals surface area contributed by atoms with Crippen molar-refractivity contribution in [2.75, 3.05) is 5.75 Å². The van der Waals surface area contributed by atoms with Crippen molar-refractivity contribution in [3.63, 3.8) is 0 Å². The van der Waals surface area contributed by atoms with Crippen molar-refractivity contribution in [3.05, 3.63) is 34.3 Å². The Balaban J connectivity index is 2.12. The normalized spacial score (nSPS) is 30.7. The number of halogens is 1. The summed E-state index contributed by atoms with van der Waals surface area (Å²) >= 11 is 5.39. The molecular formula is C12H15BrOS. The molecule has 2 atom stereocenters. The molecule has 0 bridgehead atoms. The Kier molecular flexibility index (Phi) is 3.43. The molecule has 82 valence electrons. The maximum absolute atomic E-state index is 10.4. The van der Waals surface area contributed by atoms with Crippen LogP contribution in [-0.4, -0.2) is 21.7 Å². The predicted molar refractivity (Wildman–Crippen MR) is 69.3 cm³/mol. The van der Waals surface area contributed by atoms with Gasteiger partial charge in [0.25, 0.3) is 0 Å². The first-order chi connectivity index (χ1) is 7.09. The lowest BCUT2D eigenvalue weighted by Crippen LogP contribution is -2.31. The molecule has 1 N–H and O–H groups in total. The molecule has 1 heterocycles. The maximum atomic E-state index is 10.4. The fraction of sp³-hybridized carbons (Fsp3) is 0.500. The predicted octanol–water partition coefficient (Wildman–Crippen LogP) is 3.25. The van der Waals surface area contributed by atoms with Gasteiger partial charge in [0.1, 0.15) is 0 Å². The van der Waals surface area contributed by atoms with E-state index in [0.29, 0.717) is 5.25 Å². The molecule has 1 aliphatic heterocycles. The van der Waals surface area contributed by atoms with Gasteiger partial charge in [-0.3, -0.25) is 0 Å². The van der Waals surface area contributed by atoms with E-state index in [-0.39, 0.29) is 0 Å². The third-order valence-electron chi connectivity index (χ3n) is 2.78. The molecule has 1 fully saturated rings. The molecule has 0 aliphatic carbocycles. The topological polar surface area (TPSA) is 20.2 Å². The quantitative estimate of drug-likeness (QED) is 0.901. The molecule has 0 spiro atoms. The standard InChI is InChI=1S/C12H15BrOS/c1-9-6-12(14,8-15-9)7-10-4-2-3-5-11(10)13/h2-5,9,14H,6-8H2,1H3. The fourth-order valence-electron chi connectivity index (χ4n) is 2.07. The van der Waals surface area contributed by atoms with Crippen LogP contribution in [0.1, 0.15) is 18.9 Å². The van der Waals surface area contributed by atoms with Crippen LogP contribution in [0.5, 0.6) is 0 Å². The summed E-state index contributed by atoms with van der Waals surface area (Å²) in [6, 6.07) is 8.14. The average molecular weight is 287 g/mol. The number of benzene rings is 1. The summed E-state index contributed by atoms with van der Waals surface area (Å²) in [7, 11) is 0. The van der Waals surface area contributed by atoms with Gasteiger partial charge in [-0.2, -0.15) is 11.8 Å². The molecule has 0 amide bonds. The van der Waals surface area contributed by atoms with Gasteiger partial charge < -0.3 is 5.11 Å². The van der Waals surface area contributed by atoms with Crippen molar-refractivity contribution in [2.24, 2.45) is 0 Å². The van der Waals surface area contributed by atoms with Crippen LogP contribution in [0.4, 0.5) is 0 Å². The summed E-state index contributed by atoms with van der Waals surface area (Å²) in [5.74, 6) is 0.857. The lowest BCUT2D eigenvalue weighted by Gasteiger charge is -2.22. The minimum absolute atomic E-state index is 0.506. The Hall–Kier alpha value is 0.01000. The molecule has 3 heteroatoms. The monoisotopic (exact) mass is 286 g/mol. The second-order valence-electron chi connectivity index (χ2n) is 4.32. The SMILES string of the molecule is CC1CC(O)(Cc2ccccc2Br)CS1. The fourth-order valence-corrected chi connectivity index (χ4v) is 3.74. The Labute approximate surface area is 103 Å². The zero-order valence-electron chi connectivity index (χ0n) is 8.74. The molecule has 0 aromatic heterocycles. The van der Waals surface area contributed by atoms with E-state index in [4.69, 9.17) is 0 Å². The molecule has 1 aliphatic rings. The Morgan fingerprint density at radius 1 is 1.53 bits per heavy atom. The number of aliphatic hydroxyl groups is 1. The van der Waals surface area contributed by atoms with E-state index in [1.807, 2.05) is 30.0 Å². The minimum Gasteiger partial charge on any atom is -0.389 e. The van der Waals surface area contributed by atoms with Gasteiger partial charge in [-0.1, -0.05) is 41.1 Å². The van der Waals surface area contributed by atoms with E-state index in [0.717, 1.165) is 23.1 Å². The van der Waals surface area contributed by atoms with Crippen molar-refractivity contribution in [3.8, 4) is 0 Å². The first-order valence-electron chi connectivity index (χ1n) is 5.16. The summed E-state index contributed by atoms with van der Waals surface area (Å²) in [6.45, 7) is 2.18. The third-order valence-corrected chi connectivity index (χ3v) is 4.99. The lowest BCUT2D eigenvalue weighted by molar-refractivity contribution is 0.0641. The second-order valence-corrected chi connectivity index (χ2v) is 6.60. The van der Waals surface area contributed by atoms with E-state index < -0.39 is 5.60 Å². The summed E-state index contributed by atoms with van der Waals surface area (Å²) in [5.41, 5.74) is 0.697. The van der Waals surface area contributed by atoms with Gasteiger partial charge >= 0.3 is 0 Å². The summed E-state index contributed by atoms with van der Waals surface area (Å²) < 4.78 is 1.10. The number of thioether (sulfide) groups is 1. The van der Waals surface area contributed by atoms with Crippen molar-refractivity contribution < 1.29 is 5.11 Å². The molecule has 1 saturated heterocycles. The van der Waals surface area contributed by atoms with Gasteiger partial charge in [-0.05, 0) is 18.1 Å². The largest absolute Gasteiger partial charge is 0.389 e. The highest BCUT2D eigenvalue weighted by atomic mass is 79.9. The minimum atomic E-state index is -0.506. The Bertz CT molecular complexity index is 355. The summed E-state index contributed by atoms with van der Waals surface area (Å²) in [5, 5.41) is 11.0. The van der Waals surface area contributed by atoms with Crippen molar-refractivity contribution in [1.82, 2.24) is 0 Å². The van der Waals surface area contributed by atoms with E-state index in [1.54, 1.807) is 0 Å². The molecule has 0 radical (unpaired) electrons. The Morgan fingerprint density at radius 3 is 2.87 bits per heavy atom. The molecule has 15 heavy (non-hydrogen) atoms. The van der Waals surface area contributed by atoms with Gasteiger partial charge in [0.2, 0.25) is 0 Å². The van der Waals surface area contributed by atoms with E-state index in [9.17, 15) is 5.11 Å². The number of hydrogen-bond acceptors (Lipinski definition) is 2. The number of rotatable bonds is 2. The van der Waals surface area contributed by atoms with Crippen LogP contribution in [-0.2, 0) is 6.42 Å². The average Bonchev–Trinajstić information content (AvgIpc) is 2.51. The van der Waals surface area contributed by atoms with Crippen LogP contribution in [0, 0.1) is 0 Å². The number of hydrogen-bond donors (Lipinski definition) is 1. The van der Waals surface area contributed by atoms with Crippen LogP contribution in [0.3, 0.4) is 0 Å². The second kappa shape index (κ2) is 4.48. The maximum Gasteiger partial charge on any atom is 0.0788 e. The third kappa shape index (κ3) is 2.77. The van der Waals surface area contributed by atoms with Gasteiger partial charge in [-0.15, -0.1) is 0 Å². The van der Waals surface area contributed by atoms with Gasteiger partial charge in [0.05, 0.1) is 5.60 Å². The first-order valence-corrected chi connectivity index (χ1v) is 7.01. The molecule has 1 aromatic carbocycles. The zero-order chi connectivity index (χ0) is 10.9. The highest BCUT2D eigenvalue weighted by Gasteiger charge is 2.36. The molecule has 2 unspecified atom stereocenters. The van der Waals surface area contributed by atoms with Crippen molar-refractivity contribution in [2.45, 2.75) is 30.6 Å². The smallest absolute Gasteiger partial charge is 0.0788 e. The molecule has 1 aromatic rings. The lowest BCUT2D eigenvalue weighted by atomic mass is 9.92. The summed E-state index contributed by atoms with van der Waals surface area (Å²) in [4.78, 5) is 0. The van der Waals surface area contributed by atoms with Gasteiger partial charge in [0, 0.05) is 21.9 Å². The van der Waals surface area contributed by atoms with Crippen molar-refractivity contribution in [1.29, 1.82) is 0 Å².